The molecule has 1 aromatic carbocycles. The fourth-order valence-electron chi connectivity index (χ4n) is 2.94. The zero-order chi connectivity index (χ0) is 16.1. The van der Waals surface area contributed by atoms with Crippen LogP contribution in [0, 0.1) is 0 Å². The normalized spacial score (nSPS) is 14.5. The zero-order valence-corrected chi connectivity index (χ0v) is 14.2. The number of amides is 1. The summed E-state index contributed by atoms with van der Waals surface area (Å²) in [5, 5.41) is 6.96. The highest BCUT2D eigenvalue weighted by Gasteiger charge is 2.16. The lowest BCUT2D eigenvalue weighted by molar-refractivity contribution is 0.0954. The maximum atomic E-state index is 12.1. The number of carbonyl (C=O) groups is 1. The molecule has 1 N–H and O–H groups in total. The second-order valence-electron chi connectivity index (χ2n) is 5.81. The van der Waals surface area contributed by atoms with Gasteiger partial charge < -0.3 is 5.32 Å². The van der Waals surface area contributed by atoms with Crippen LogP contribution in [-0.4, -0.2) is 40.0 Å². The monoisotopic (exact) mass is 330 g/mol. The summed E-state index contributed by atoms with van der Waals surface area (Å²) in [7, 11) is 0. The molecular formula is C17H22N4OS. The first-order valence-electron chi connectivity index (χ1n) is 8.16. The Labute approximate surface area is 140 Å². The number of benzene rings is 1. The molecule has 1 amide bonds. The van der Waals surface area contributed by atoms with Crippen LogP contribution >= 0.6 is 11.5 Å². The van der Waals surface area contributed by atoms with Gasteiger partial charge in [-0.25, -0.2) is 0 Å². The predicted octanol–water partition coefficient (Wildman–Crippen LogP) is 2.28. The molecule has 1 aromatic heterocycles. The molecule has 5 nitrogen and oxygen atoms in total. The second kappa shape index (κ2) is 7.66. The lowest BCUT2D eigenvalue weighted by Crippen LogP contribution is -2.33. The average molecular weight is 330 g/mol. The fraction of sp³-hybridized carbons (Fsp3) is 0.471. The summed E-state index contributed by atoms with van der Waals surface area (Å²) in [6.07, 6.45) is 2.82. The van der Waals surface area contributed by atoms with Crippen molar-refractivity contribution in [1.29, 1.82) is 0 Å². The average Bonchev–Trinajstić information content (AvgIpc) is 3.07. The van der Waals surface area contributed by atoms with Gasteiger partial charge in [-0.1, -0.05) is 35.7 Å². The highest BCUT2D eigenvalue weighted by molar-refractivity contribution is 7.08. The van der Waals surface area contributed by atoms with Gasteiger partial charge in [0, 0.05) is 26.2 Å². The fourth-order valence-corrected chi connectivity index (χ4v) is 3.61. The number of rotatable bonds is 6. The number of hydrogen-bond donors (Lipinski definition) is 1. The van der Waals surface area contributed by atoms with Gasteiger partial charge in [-0.2, -0.15) is 0 Å². The lowest BCUT2D eigenvalue weighted by Gasteiger charge is -2.28. The predicted molar refractivity (Wildman–Crippen MR) is 91.7 cm³/mol. The SMILES string of the molecule is CCc1nnsc1C(=O)NCCCN1CCc2ccccc2C1. The second-order valence-corrected chi connectivity index (χ2v) is 6.56. The van der Waals surface area contributed by atoms with Crippen molar-refractivity contribution in [2.24, 2.45) is 0 Å². The molecule has 0 atom stereocenters. The van der Waals surface area contributed by atoms with Crippen LogP contribution in [0.4, 0.5) is 0 Å². The smallest absolute Gasteiger partial charge is 0.264 e. The standard InChI is InChI=1S/C17H22N4OS/c1-2-15-16(23-20-19-15)17(22)18-9-5-10-21-11-8-13-6-3-4-7-14(13)12-21/h3-4,6-7H,2,5,8-12H2,1H3,(H,18,22). The first kappa shape index (κ1) is 16.1. The van der Waals surface area contributed by atoms with Crippen molar-refractivity contribution < 1.29 is 4.79 Å². The molecule has 0 radical (unpaired) electrons. The van der Waals surface area contributed by atoms with Gasteiger partial charge in [0.25, 0.3) is 5.91 Å². The van der Waals surface area contributed by atoms with Crippen molar-refractivity contribution in [3.8, 4) is 0 Å². The Bertz CT molecular complexity index is 670. The minimum Gasteiger partial charge on any atom is -0.351 e. The number of carbonyl (C=O) groups excluding carboxylic acids is 1. The van der Waals surface area contributed by atoms with Gasteiger partial charge in [-0.15, -0.1) is 5.10 Å². The molecule has 23 heavy (non-hydrogen) atoms. The molecule has 1 aliphatic rings. The molecule has 0 spiro atoms. The maximum Gasteiger partial charge on any atom is 0.264 e. The van der Waals surface area contributed by atoms with E-state index in [0.29, 0.717) is 11.4 Å². The Hall–Kier alpha value is -1.79. The Morgan fingerprint density at radius 2 is 2.17 bits per heavy atom. The van der Waals surface area contributed by atoms with Gasteiger partial charge in [0.2, 0.25) is 0 Å². The van der Waals surface area contributed by atoms with Crippen LogP contribution in [0.25, 0.3) is 0 Å². The number of nitrogens with zero attached hydrogens (tertiary/aromatic N) is 3. The van der Waals surface area contributed by atoms with Crippen LogP contribution in [0.3, 0.4) is 0 Å². The Balaban J connectivity index is 1.42. The minimum atomic E-state index is -0.0409. The summed E-state index contributed by atoms with van der Waals surface area (Å²) in [5.74, 6) is -0.0409. The number of aromatic nitrogens is 2. The Kier molecular flexibility index (Phi) is 5.35. The third-order valence-corrected chi connectivity index (χ3v) is 5.01. The van der Waals surface area contributed by atoms with Crippen LogP contribution in [0.1, 0.15) is 39.8 Å². The van der Waals surface area contributed by atoms with Crippen molar-refractivity contribution in [1.82, 2.24) is 19.8 Å². The van der Waals surface area contributed by atoms with Crippen molar-refractivity contribution in [2.75, 3.05) is 19.6 Å². The van der Waals surface area contributed by atoms with Gasteiger partial charge in [-0.3, -0.25) is 9.69 Å². The van der Waals surface area contributed by atoms with E-state index in [2.05, 4.69) is 44.1 Å². The van der Waals surface area contributed by atoms with E-state index in [4.69, 9.17) is 0 Å². The highest BCUT2D eigenvalue weighted by Crippen LogP contribution is 2.18. The van der Waals surface area contributed by atoms with Gasteiger partial charge in [0.05, 0.1) is 5.69 Å². The first-order valence-corrected chi connectivity index (χ1v) is 8.94. The number of fused-ring (bicyclic) bond motifs is 1. The van der Waals surface area contributed by atoms with E-state index in [1.54, 1.807) is 0 Å². The summed E-state index contributed by atoms with van der Waals surface area (Å²) in [6, 6.07) is 8.66. The molecule has 0 bridgehead atoms. The molecule has 0 fully saturated rings. The van der Waals surface area contributed by atoms with Gasteiger partial charge in [0.15, 0.2) is 0 Å². The summed E-state index contributed by atoms with van der Waals surface area (Å²) in [5.41, 5.74) is 3.70. The van der Waals surface area contributed by atoms with Crippen LogP contribution < -0.4 is 5.32 Å². The zero-order valence-electron chi connectivity index (χ0n) is 13.4. The van der Waals surface area contributed by atoms with Crippen LogP contribution in [0.5, 0.6) is 0 Å². The molecular weight excluding hydrogens is 308 g/mol. The lowest BCUT2D eigenvalue weighted by atomic mass is 10.00. The number of aryl methyl sites for hydroxylation is 1. The topological polar surface area (TPSA) is 58.1 Å². The first-order chi connectivity index (χ1) is 11.3. The molecule has 0 unspecified atom stereocenters. The van der Waals surface area contributed by atoms with E-state index in [9.17, 15) is 4.79 Å². The van der Waals surface area contributed by atoms with E-state index in [1.165, 1.54) is 22.7 Å². The molecule has 2 heterocycles. The van der Waals surface area contributed by atoms with Gasteiger partial charge in [0.1, 0.15) is 4.88 Å². The van der Waals surface area contributed by atoms with Crippen molar-refractivity contribution in [2.45, 2.75) is 32.7 Å². The molecule has 0 saturated carbocycles. The highest BCUT2D eigenvalue weighted by atomic mass is 32.1. The third kappa shape index (κ3) is 3.95. The molecule has 3 rings (SSSR count). The van der Waals surface area contributed by atoms with E-state index in [0.717, 1.165) is 44.6 Å². The molecule has 0 aliphatic carbocycles. The minimum absolute atomic E-state index is 0.0409. The number of nitrogens with one attached hydrogen (secondary N) is 1. The van der Waals surface area contributed by atoms with Crippen LogP contribution in [-0.2, 0) is 19.4 Å². The molecule has 122 valence electrons. The summed E-state index contributed by atoms with van der Waals surface area (Å²) in [6.45, 7) is 5.81. The van der Waals surface area contributed by atoms with Crippen molar-refractivity contribution >= 4 is 17.4 Å². The van der Waals surface area contributed by atoms with E-state index >= 15 is 0 Å². The summed E-state index contributed by atoms with van der Waals surface area (Å²) in [4.78, 5) is 15.2. The number of hydrogen-bond acceptors (Lipinski definition) is 5. The molecule has 0 saturated heterocycles. The maximum absolute atomic E-state index is 12.1. The molecule has 1 aliphatic heterocycles. The molecule has 2 aromatic rings. The van der Waals surface area contributed by atoms with Gasteiger partial charge in [-0.05, 0) is 41.9 Å². The summed E-state index contributed by atoms with van der Waals surface area (Å²) >= 11 is 1.18. The van der Waals surface area contributed by atoms with E-state index in [1.807, 2.05) is 6.92 Å². The van der Waals surface area contributed by atoms with Crippen LogP contribution in [0.15, 0.2) is 24.3 Å². The third-order valence-electron chi connectivity index (χ3n) is 4.24. The van der Waals surface area contributed by atoms with E-state index < -0.39 is 0 Å². The van der Waals surface area contributed by atoms with Crippen molar-refractivity contribution in [3.05, 3.63) is 46.0 Å². The van der Waals surface area contributed by atoms with Gasteiger partial charge >= 0.3 is 0 Å². The Morgan fingerprint density at radius 1 is 1.35 bits per heavy atom. The summed E-state index contributed by atoms with van der Waals surface area (Å²) < 4.78 is 3.86. The van der Waals surface area contributed by atoms with Crippen LogP contribution in [0.2, 0.25) is 0 Å². The quantitative estimate of drug-likeness (QED) is 0.826. The Morgan fingerprint density at radius 3 is 3.00 bits per heavy atom. The molecule has 6 heteroatoms. The largest absolute Gasteiger partial charge is 0.351 e. The van der Waals surface area contributed by atoms with Crippen molar-refractivity contribution in [3.63, 3.8) is 0 Å². The van der Waals surface area contributed by atoms with E-state index in [-0.39, 0.29) is 5.91 Å².